The van der Waals surface area contributed by atoms with Gasteiger partial charge in [-0.3, -0.25) is 4.79 Å². The number of hydrogen-bond acceptors (Lipinski definition) is 3. The minimum atomic E-state index is -0.497. The molecule has 2 rings (SSSR count). The SMILES string of the molecule is O=C1C(Cl)=CC(=NSc2ccc(Cl)cc2)C(Cl)=C1Cl. The highest BCUT2D eigenvalue weighted by Gasteiger charge is 2.24. The van der Waals surface area contributed by atoms with Crippen LogP contribution in [0.4, 0.5) is 0 Å². The highest BCUT2D eigenvalue weighted by molar-refractivity contribution is 7.98. The van der Waals surface area contributed by atoms with E-state index in [2.05, 4.69) is 4.40 Å². The molecule has 0 radical (unpaired) electrons. The first-order valence-electron chi connectivity index (χ1n) is 4.97. The zero-order valence-electron chi connectivity index (χ0n) is 9.16. The monoisotopic (exact) mass is 351 g/mol. The number of rotatable bonds is 2. The molecule has 0 saturated heterocycles. The lowest BCUT2D eigenvalue weighted by Crippen LogP contribution is -2.11. The number of halogens is 4. The Morgan fingerprint density at radius 2 is 1.58 bits per heavy atom. The molecular formula is C12H5Cl4NOS. The fourth-order valence-electron chi connectivity index (χ4n) is 1.23. The molecule has 0 aliphatic heterocycles. The van der Waals surface area contributed by atoms with Crippen molar-refractivity contribution in [2.45, 2.75) is 4.90 Å². The Morgan fingerprint density at radius 1 is 0.947 bits per heavy atom. The van der Waals surface area contributed by atoms with Gasteiger partial charge in [0.25, 0.3) is 0 Å². The Hall–Kier alpha value is -0.450. The summed E-state index contributed by atoms with van der Waals surface area (Å²) in [4.78, 5) is 12.3. The molecule has 1 aliphatic rings. The number of allylic oxidation sites excluding steroid dienone is 4. The maximum Gasteiger partial charge on any atom is 0.217 e. The lowest BCUT2D eigenvalue weighted by molar-refractivity contribution is -0.111. The summed E-state index contributed by atoms with van der Waals surface area (Å²) in [5, 5.41) is 0.608. The van der Waals surface area contributed by atoms with Crippen molar-refractivity contribution in [2.75, 3.05) is 0 Å². The van der Waals surface area contributed by atoms with Gasteiger partial charge in [-0.15, -0.1) is 0 Å². The molecule has 1 aliphatic carbocycles. The molecular weight excluding hydrogens is 348 g/mol. The van der Waals surface area contributed by atoms with Crippen molar-refractivity contribution >= 4 is 69.8 Å². The van der Waals surface area contributed by atoms with E-state index < -0.39 is 5.78 Å². The van der Waals surface area contributed by atoms with Crippen LogP contribution < -0.4 is 0 Å². The average molecular weight is 353 g/mol. The Kier molecular flexibility index (Phi) is 4.98. The highest BCUT2D eigenvalue weighted by atomic mass is 35.5. The molecule has 0 amide bonds. The molecule has 0 spiro atoms. The second-order valence-corrected chi connectivity index (χ2v) is 5.91. The maximum atomic E-state index is 11.4. The molecule has 0 N–H and O–H groups in total. The van der Waals surface area contributed by atoms with E-state index in [1.807, 2.05) is 12.1 Å². The second-order valence-electron chi connectivity index (χ2n) is 3.47. The Morgan fingerprint density at radius 3 is 2.21 bits per heavy atom. The molecule has 0 saturated carbocycles. The van der Waals surface area contributed by atoms with Crippen LogP contribution in [0.15, 0.2) is 54.7 Å². The number of carbonyl (C=O) groups excluding carboxylic acids is 1. The molecule has 19 heavy (non-hydrogen) atoms. The number of carbonyl (C=O) groups is 1. The molecule has 98 valence electrons. The van der Waals surface area contributed by atoms with Crippen LogP contribution in [0.2, 0.25) is 5.02 Å². The van der Waals surface area contributed by atoms with Gasteiger partial charge < -0.3 is 0 Å². The first kappa shape index (κ1) is 14.9. The lowest BCUT2D eigenvalue weighted by Gasteiger charge is -2.09. The van der Waals surface area contributed by atoms with Crippen LogP contribution >= 0.6 is 58.4 Å². The van der Waals surface area contributed by atoms with Crippen LogP contribution in [-0.2, 0) is 4.79 Å². The van der Waals surface area contributed by atoms with Gasteiger partial charge in [0, 0.05) is 21.9 Å². The summed E-state index contributed by atoms with van der Waals surface area (Å²) in [6.07, 6.45) is 1.39. The maximum absolute atomic E-state index is 11.4. The number of Topliss-reactive ketones (excluding diaryl/α,β-unsaturated/α-hetero) is 1. The van der Waals surface area contributed by atoms with E-state index in [0.29, 0.717) is 10.7 Å². The van der Waals surface area contributed by atoms with Gasteiger partial charge >= 0.3 is 0 Å². The average Bonchev–Trinajstić information content (AvgIpc) is 2.41. The largest absolute Gasteiger partial charge is 0.287 e. The van der Waals surface area contributed by atoms with Gasteiger partial charge in [-0.1, -0.05) is 46.4 Å². The van der Waals surface area contributed by atoms with Gasteiger partial charge in [0.05, 0.1) is 15.8 Å². The van der Waals surface area contributed by atoms with Crippen molar-refractivity contribution in [2.24, 2.45) is 4.40 Å². The van der Waals surface area contributed by atoms with E-state index in [1.165, 1.54) is 18.0 Å². The van der Waals surface area contributed by atoms with Crippen LogP contribution in [0, 0.1) is 0 Å². The van der Waals surface area contributed by atoms with E-state index >= 15 is 0 Å². The fourth-order valence-corrected chi connectivity index (χ4v) is 2.64. The molecule has 7 heteroatoms. The van der Waals surface area contributed by atoms with E-state index in [9.17, 15) is 4.79 Å². The Labute approximate surface area is 134 Å². The van der Waals surface area contributed by atoms with Crippen LogP contribution in [0.25, 0.3) is 0 Å². The van der Waals surface area contributed by atoms with Crippen LogP contribution in [0.1, 0.15) is 0 Å². The van der Waals surface area contributed by atoms with Crippen molar-refractivity contribution in [1.82, 2.24) is 0 Å². The summed E-state index contributed by atoms with van der Waals surface area (Å²) in [6.45, 7) is 0. The zero-order valence-corrected chi connectivity index (χ0v) is 13.0. The van der Waals surface area contributed by atoms with Crippen LogP contribution in [-0.4, -0.2) is 11.5 Å². The molecule has 0 bridgehead atoms. The third-order valence-corrected chi connectivity index (χ3v) is 4.30. The number of nitrogens with zero attached hydrogens (tertiary/aromatic N) is 1. The summed E-state index contributed by atoms with van der Waals surface area (Å²) in [6, 6.07) is 7.13. The van der Waals surface area contributed by atoms with E-state index in [4.69, 9.17) is 46.4 Å². The summed E-state index contributed by atoms with van der Waals surface area (Å²) in [5.41, 5.74) is 0.358. The predicted octanol–water partition coefficient (Wildman–Crippen LogP) is 5.18. The number of ketones is 1. The van der Waals surface area contributed by atoms with Gasteiger partial charge in [0.15, 0.2) is 0 Å². The van der Waals surface area contributed by atoms with Crippen molar-refractivity contribution in [3.05, 3.63) is 50.5 Å². The first-order chi connectivity index (χ1) is 8.99. The summed E-state index contributed by atoms with van der Waals surface area (Å²) in [7, 11) is 0. The normalized spacial score (nSPS) is 18.0. The molecule has 0 heterocycles. The quantitative estimate of drug-likeness (QED) is 0.541. The number of hydrogen-bond donors (Lipinski definition) is 0. The summed E-state index contributed by atoms with van der Waals surface area (Å²) < 4.78 is 4.20. The van der Waals surface area contributed by atoms with E-state index in [-0.39, 0.29) is 15.1 Å². The summed E-state index contributed by atoms with van der Waals surface area (Å²) in [5.74, 6) is -0.497. The van der Waals surface area contributed by atoms with Crippen molar-refractivity contribution in [3.8, 4) is 0 Å². The third kappa shape index (κ3) is 3.56. The molecule has 1 aromatic carbocycles. The lowest BCUT2D eigenvalue weighted by atomic mass is 10.1. The second kappa shape index (κ2) is 6.33. The predicted molar refractivity (Wildman–Crippen MR) is 82.4 cm³/mol. The van der Waals surface area contributed by atoms with Crippen molar-refractivity contribution in [3.63, 3.8) is 0 Å². The molecule has 0 aromatic heterocycles. The number of benzene rings is 1. The molecule has 2 nitrogen and oxygen atoms in total. The molecule has 1 aromatic rings. The van der Waals surface area contributed by atoms with Crippen LogP contribution in [0.3, 0.4) is 0 Å². The third-order valence-electron chi connectivity index (χ3n) is 2.16. The van der Waals surface area contributed by atoms with E-state index in [1.54, 1.807) is 12.1 Å². The molecule has 0 atom stereocenters. The molecule has 0 unspecified atom stereocenters. The molecule has 0 fully saturated rings. The van der Waals surface area contributed by atoms with Crippen molar-refractivity contribution in [1.29, 1.82) is 0 Å². The van der Waals surface area contributed by atoms with Gasteiger partial charge in [-0.05, 0) is 30.3 Å². The first-order valence-corrected chi connectivity index (χ1v) is 7.25. The highest BCUT2D eigenvalue weighted by Crippen LogP contribution is 2.30. The minimum absolute atomic E-state index is 0.00939. The van der Waals surface area contributed by atoms with Crippen molar-refractivity contribution < 1.29 is 4.79 Å². The fraction of sp³-hybridized carbons (Fsp3) is 0. The van der Waals surface area contributed by atoms with Gasteiger partial charge in [0.2, 0.25) is 5.78 Å². The standard InChI is InChI=1S/C12H5Cl4NOS/c13-6-1-3-7(4-2-6)19-17-9-5-8(14)12(18)11(16)10(9)15/h1-5H. The van der Waals surface area contributed by atoms with Crippen LogP contribution in [0.5, 0.6) is 0 Å². The zero-order chi connectivity index (χ0) is 14.0. The minimum Gasteiger partial charge on any atom is -0.287 e. The van der Waals surface area contributed by atoms with Gasteiger partial charge in [-0.2, -0.15) is 0 Å². The van der Waals surface area contributed by atoms with Gasteiger partial charge in [-0.25, -0.2) is 4.40 Å². The Bertz CT molecular complexity index is 619. The van der Waals surface area contributed by atoms with E-state index in [0.717, 1.165) is 4.90 Å². The van der Waals surface area contributed by atoms with Gasteiger partial charge in [0.1, 0.15) is 5.03 Å². The topological polar surface area (TPSA) is 29.4 Å². The Balaban J connectivity index is 2.24. The summed E-state index contributed by atoms with van der Waals surface area (Å²) >= 11 is 24.4. The smallest absolute Gasteiger partial charge is 0.217 e.